The average Bonchev–Trinajstić information content (AvgIpc) is 2.82. The number of carboxylic acid groups (broad SMARTS) is 1. The molecule has 2 atom stereocenters. The molecule has 4 heteroatoms. The Hall–Kier alpha value is -1.06. The summed E-state index contributed by atoms with van der Waals surface area (Å²) in [7, 11) is 0. The Morgan fingerprint density at radius 3 is 2.29 bits per heavy atom. The van der Waals surface area contributed by atoms with E-state index in [1.54, 1.807) is 0 Å². The molecule has 0 heterocycles. The van der Waals surface area contributed by atoms with Crippen LogP contribution in [0.3, 0.4) is 0 Å². The third kappa shape index (κ3) is 2.99. The zero-order valence-corrected chi connectivity index (χ0v) is 10.6. The van der Waals surface area contributed by atoms with Gasteiger partial charge in [0.1, 0.15) is 6.54 Å². The molecule has 4 nitrogen and oxygen atoms in total. The van der Waals surface area contributed by atoms with Crippen molar-refractivity contribution in [1.29, 1.82) is 0 Å². The van der Waals surface area contributed by atoms with E-state index >= 15 is 0 Å². The molecular formula is C13H21NO3. The number of carbonyl (C=O) groups excluding carboxylic acids is 1. The molecule has 0 saturated heterocycles. The highest BCUT2D eigenvalue weighted by atomic mass is 16.4. The molecule has 0 aromatic carbocycles. The van der Waals surface area contributed by atoms with E-state index in [0.29, 0.717) is 12.5 Å². The number of hydrogen-bond donors (Lipinski definition) is 1. The van der Waals surface area contributed by atoms with Crippen LogP contribution < -0.4 is 0 Å². The van der Waals surface area contributed by atoms with E-state index in [9.17, 15) is 9.59 Å². The van der Waals surface area contributed by atoms with Gasteiger partial charge in [0.15, 0.2) is 0 Å². The van der Waals surface area contributed by atoms with Gasteiger partial charge in [0, 0.05) is 12.5 Å². The second-order valence-electron chi connectivity index (χ2n) is 5.93. The third-order valence-electron chi connectivity index (χ3n) is 3.82. The normalized spacial score (nSPS) is 30.2. The van der Waals surface area contributed by atoms with Crippen LogP contribution in [0.15, 0.2) is 0 Å². The number of carbonyl (C=O) groups is 2. The smallest absolute Gasteiger partial charge is 0.323 e. The fourth-order valence-electron chi connectivity index (χ4n) is 3.01. The standard InChI is InChI=1S/C13H21NO3/c1-8(2)6-14(7-12(15)16)13(17)11-4-9-3-10(9)5-11/h8-11H,3-7H2,1-2H3,(H,15,16). The number of amides is 1. The van der Waals surface area contributed by atoms with E-state index in [1.807, 2.05) is 13.8 Å². The molecular weight excluding hydrogens is 218 g/mol. The fraction of sp³-hybridized carbons (Fsp3) is 0.846. The summed E-state index contributed by atoms with van der Waals surface area (Å²) in [5.74, 6) is 1.07. The summed E-state index contributed by atoms with van der Waals surface area (Å²) in [5.41, 5.74) is 0. The maximum Gasteiger partial charge on any atom is 0.323 e. The maximum absolute atomic E-state index is 12.2. The van der Waals surface area contributed by atoms with E-state index in [-0.39, 0.29) is 18.4 Å². The zero-order chi connectivity index (χ0) is 12.6. The molecule has 2 unspecified atom stereocenters. The van der Waals surface area contributed by atoms with Crippen LogP contribution >= 0.6 is 0 Å². The number of aliphatic carboxylic acids is 1. The molecule has 0 aromatic rings. The lowest BCUT2D eigenvalue weighted by Crippen LogP contribution is -2.41. The average molecular weight is 239 g/mol. The maximum atomic E-state index is 12.2. The van der Waals surface area contributed by atoms with Crippen LogP contribution in [-0.4, -0.2) is 35.0 Å². The summed E-state index contributed by atoms with van der Waals surface area (Å²) in [6.45, 7) is 4.42. The first kappa shape index (κ1) is 12.4. The van der Waals surface area contributed by atoms with Crippen molar-refractivity contribution in [2.75, 3.05) is 13.1 Å². The van der Waals surface area contributed by atoms with E-state index in [4.69, 9.17) is 5.11 Å². The van der Waals surface area contributed by atoms with Crippen LogP contribution in [0.1, 0.15) is 33.1 Å². The molecule has 0 spiro atoms. The minimum atomic E-state index is -0.915. The summed E-state index contributed by atoms with van der Waals surface area (Å²) in [6, 6.07) is 0. The van der Waals surface area contributed by atoms with Crippen molar-refractivity contribution in [2.24, 2.45) is 23.7 Å². The lowest BCUT2D eigenvalue weighted by molar-refractivity contribution is -0.146. The lowest BCUT2D eigenvalue weighted by Gasteiger charge is -2.26. The molecule has 2 saturated carbocycles. The Morgan fingerprint density at radius 2 is 1.82 bits per heavy atom. The minimum absolute atomic E-state index is 0.0632. The number of nitrogens with zero attached hydrogens (tertiary/aromatic N) is 1. The van der Waals surface area contributed by atoms with Gasteiger partial charge >= 0.3 is 5.97 Å². The monoisotopic (exact) mass is 239 g/mol. The molecule has 2 aliphatic carbocycles. The largest absolute Gasteiger partial charge is 0.480 e. The predicted octanol–water partition coefficient (Wildman–Crippen LogP) is 1.60. The van der Waals surface area contributed by atoms with Crippen molar-refractivity contribution in [3.05, 3.63) is 0 Å². The van der Waals surface area contributed by atoms with E-state index in [0.717, 1.165) is 24.7 Å². The first-order valence-electron chi connectivity index (χ1n) is 6.48. The second kappa shape index (κ2) is 4.67. The van der Waals surface area contributed by atoms with Gasteiger partial charge in [-0.15, -0.1) is 0 Å². The van der Waals surface area contributed by atoms with Crippen molar-refractivity contribution >= 4 is 11.9 Å². The molecule has 96 valence electrons. The number of fused-ring (bicyclic) bond motifs is 1. The highest BCUT2D eigenvalue weighted by Crippen LogP contribution is 2.54. The highest BCUT2D eigenvalue weighted by molar-refractivity contribution is 5.83. The van der Waals surface area contributed by atoms with Crippen LogP contribution in [0.4, 0.5) is 0 Å². The Balaban J connectivity index is 1.93. The summed E-state index contributed by atoms with van der Waals surface area (Å²) in [5, 5.41) is 8.86. The van der Waals surface area contributed by atoms with Gasteiger partial charge in [-0.1, -0.05) is 13.8 Å². The van der Waals surface area contributed by atoms with E-state index in [2.05, 4.69) is 0 Å². The molecule has 2 rings (SSSR count). The summed E-state index contributed by atoms with van der Waals surface area (Å²) in [4.78, 5) is 24.6. The first-order chi connectivity index (χ1) is 7.97. The van der Waals surface area contributed by atoms with Gasteiger partial charge in [-0.05, 0) is 37.0 Å². The molecule has 0 aromatic heterocycles. The topological polar surface area (TPSA) is 57.6 Å². The fourth-order valence-corrected chi connectivity index (χ4v) is 3.01. The van der Waals surface area contributed by atoms with Crippen LogP contribution in [-0.2, 0) is 9.59 Å². The molecule has 2 aliphatic rings. The molecule has 1 N–H and O–H groups in total. The summed E-state index contributed by atoms with van der Waals surface area (Å²) in [6.07, 6.45) is 3.25. The quantitative estimate of drug-likeness (QED) is 0.792. The zero-order valence-electron chi connectivity index (χ0n) is 10.6. The van der Waals surface area contributed by atoms with Crippen molar-refractivity contribution in [2.45, 2.75) is 33.1 Å². The van der Waals surface area contributed by atoms with Gasteiger partial charge in [-0.2, -0.15) is 0 Å². The number of hydrogen-bond acceptors (Lipinski definition) is 2. The molecule has 17 heavy (non-hydrogen) atoms. The van der Waals surface area contributed by atoms with Gasteiger partial charge in [-0.3, -0.25) is 9.59 Å². The van der Waals surface area contributed by atoms with E-state index in [1.165, 1.54) is 11.3 Å². The van der Waals surface area contributed by atoms with Gasteiger partial charge in [0.25, 0.3) is 0 Å². The molecule has 0 bridgehead atoms. The number of rotatable bonds is 5. The van der Waals surface area contributed by atoms with Gasteiger partial charge < -0.3 is 10.0 Å². The Morgan fingerprint density at radius 1 is 1.24 bits per heavy atom. The van der Waals surface area contributed by atoms with Crippen molar-refractivity contribution in [3.63, 3.8) is 0 Å². The van der Waals surface area contributed by atoms with Crippen LogP contribution in [0.25, 0.3) is 0 Å². The molecule has 2 fully saturated rings. The van der Waals surface area contributed by atoms with Gasteiger partial charge in [-0.25, -0.2) is 0 Å². The predicted molar refractivity (Wildman–Crippen MR) is 63.4 cm³/mol. The van der Waals surface area contributed by atoms with Crippen molar-refractivity contribution in [3.8, 4) is 0 Å². The van der Waals surface area contributed by atoms with Crippen LogP contribution in [0, 0.1) is 23.7 Å². The summed E-state index contributed by atoms with van der Waals surface area (Å²) >= 11 is 0. The van der Waals surface area contributed by atoms with Crippen LogP contribution in [0.2, 0.25) is 0 Å². The third-order valence-corrected chi connectivity index (χ3v) is 3.82. The molecule has 0 aliphatic heterocycles. The Kier molecular flexibility index (Phi) is 3.40. The van der Waals surface area contributed by atoms with Gasteiger partial charge in [0.05, 0.1) is 0 Å². The van der Waals surface area contributed by atoms with Crippen LogP contribution in [0.5, 0.6) is 0 Å². The summed E-state index contributed by atoms with van der Waals surface area (Å²) < 4.78 is 0. The highest BCUT2D eigenvalue weighted by Gasteiger charge is 2.48. The first-order valence-corrected chi connectivity index (χ1v) is 6.48. The molecule has 1 amide bonds. The lowest BCUT2D eigenvalue weighted by atomic mass is 10.0. The Labute approximate surface area is 102 Å². The SMILES string of the molecule is CC(C)CN(CC(=O)O)C(=O)C1CC2CC2C1. The number of carboxylic acids is 1. The second-order valence-corrected chi connectivity index (χ2v) is 5.93. The Bertz CT molecular complexity index is 317. The molecule has 0 radical (unpaired) electrons. The van der Waals surface area contributed by atoms with E-state index < -0.39 is 5.97 Å². The van der Waals surface area contributed by atoms with Crippen molar-refractivity contribution < 1.29 is 14.7 Å². The van der Waals surface area contributed by atoms with Crippen molar-refractivity contribution in [1.82, 2.24) is 4.90 Å². The van der Waals surface area contributed by atoms with Gasteiger partial charge in [0.2, 0.25) is 5.91 Å². The minimum Gasteiger partial charge on any atom is -0.480 e.